The Hall–Kier alpha value is -0.620. The SMILES string of the molecule is CC(O)C(F)C#N. The summed E-state index contributed by atoms with van der Waals surface area (Å²) in [6.45, 7) is 1.23. The zero-order chi connectivity index (χ0) is 5.86. The van der Waals surface area contributed by atoms with E-state index in [1.165, 1.54) is 13.0 Å². The van der Waals surface area contributed by atoms with Crippen LogP contribution >= 0.6 is 0 Å². The van der Waals surface area contributed by atoms with Gasteiger partial charge in [-0.1, -0.05) is 0 Å². The Labute approximate surface area is 41.2 Å². The van der Waals surface area contributed by atoms with Gasteiger partial charge in [0.25, 0.3) is 0 Å². The molecule has 0 heterocycles. The highest BCUT2D eigenvalue weighted by atomic mass is 19.1. The normalized spacial score (nSPS) is 17.4. The van der Waals surface area contributed by atoms with Crippen molar-refractivity contribution < 1.29 is 9.50 Å². The molecule has 1 N–H and O–H groups in total. The van der Waals surface area contributed by atoms with E-state index in [9.17, 15) is 4.39 Å². The van der Waals surface area contributed by atoms with Gasteiger partial charge in [-0.25, -0.2) is 4.39 Å². The molecule has 0 aliphatic carbocycles. The highest BCUT2D eigenvalue weighted by Gasteiger charge is 2.09. The minimum absolute atomic E-state index is 1.16. The number of nitriles is 1. The average molecular weight is 103 g/mol. The maximum Gasteiger partial charge on any atom is 0.211 e. The molecule has 0 fully saturated rings. The Morgan fingerprint density at radius 3 is 2.29 bits per heavy atom. The Morgan fingerprint density at radius 2 is 2.29 bits per heavy atom. The van der Waals surface area contributed by atoms with Gasteiger partial charge in [-0.2, -0.15) is 5.26 Å². The third-order valence-corrected chi connectivity index (χ3v) is 0.547. The van der Waals surface area contributed by atoms with Crippen LogP contribution in [0.4, 0.5) is 4.39 Å². The molecule has 0 saturated carbocycles. The summed E-state index contributed by atoms with van der Waals surface area (Å²) >= 11 is 0. The zero-order valence-electron chi connectivity index (χ0n) is 3.93. The number of halogens is 1. The van der Waals surface area contributed by atoms with Crippen LogP contribution in [0, 0.1) is 11.3 Å². The average Bonchev–Trinajstić information content (AvgIpc) is 1.65. The summed E-state index contributed by atoms with van der Waals surface area (Å²) in [6.07, 6.45) is -2.90. The molecule has 0 saturated heterocycles. The van der Waals surface area contributed by atoms with Crippen LogP contribution in [0.2, 0.25) is 0 Å². The summed E-state index contributed by atoms with van der Waals surface area (Å²) < 4.78 is 11.6. The first-order valence-corrected chi connectivity index (χ1v) is 1.90. The molecule has 2 unspecified atom stereocenters. The van der Waals surface area contributed by atoms with Gasteiger partial charge >= 0.3 is 0 Å². The van der Waals surface area contributed by atoms with Crippen molar-refractivity contribution in [1.82, 2.24) is 0 Å². The monoisotopic (exact) mass is 103 g/mol. The molecule has 0 radical (unpaired) electrons. The molecule has 0 aliphatic rings. The lowest BCUT2D eigenvalue weighted by Crippen LogP contribution is -2.14. The smallest absolute Gasteiger partial charge is 0.211 e. The van der Waals surface area contributed by atoms with Crippen molar-refractivity contribution in [2.75, 3.05) is 0 Å². The molecule has 0 amide bonds. The van der Waals surface area contributed by atoms with E-state index in [2.05, 4.69) is 0 Å². The summed E-state index contributed by atoms with van der Waals surface area (Å²) in [7, 11) is 0. The van der Waals surface area contributed by atoms with Crippen LogP contribution in [0.15, 0.2) is 0 Å². The molecule has 2 nitrogen and oxygen atoms in total. The fraction of sp³-hybridized carbons (Fsp3) is 0.750. The van der Waals surface area contributed by atoms with Crippen LogP contribution in [-0.4, -0.2) is 17.4 Å². The van der Waals surface area contributed by atoms with Gasteiger partial charge in [-0.3, -0.25) is 0 Å². The van der Waals surface area contributed by atoms with E-state index in [4.69, 9.17) is 10.4 Å². The Morgan fingerprint density at radius 1 is 1.86 bits per heavy atom. The van der Waals surface area contributed by atoms with Crippen molar-refractivity contribution in [3.05, 3.63) is 0 Å². The lowest BCUT2D eigenvalue weighted by molar-refractivity contribution is 0.123. The summed E-state index contributed by atoms with van der Waals surface area (Å²) in [4.78, 5) is 0. The van der Waals surface area contributed by atoms with Gasteiger partial charge in [0.2, 0.25) is 6.17 Å². The van der Waals surface area contributed by atoms with Crippen LogP contribution in [0.25, 0.3) is 0 Å². The third-order valence-electron chi connectivity index (χ3n) is 0.547. The number of nitrogens with zero attached hydrogens (tertiary/aromatic N) is 1. The lowest BCUT2D eigenvalue weighted by atomic mass is 10.3. The number of aliphatic hydroxyl groups is 1. The molecule has 0 aliphatic heterocycles. The predicted molar refractivity (Wildman–Crippen MR) is 22.2 cm³/mol. The summed E-state index contributed by atoms with van der Waals surface area (Å²) in [5, 5.41) is 15.9. The van der Waals surface area contributed by atoms with E-state index in [-0.39, 0.29) is 0 Å². The van der Waals surface area contributed by atoms with E-state index in [0.717, 1.165) is 0 Å². The molecule has 0 bridgehead atoms. The number of hydrogen-bond donors (Lipinski definition) is 1. The van der Waals surface area contributed by atoms with Crippen molar-refractivity contribution in [2.24, 2.45) is 0 Å². The van der Waals surface area contributed by atoms with Crippen LogP contribution in [0.5, 0.6) is 0 Å². The minimum Gasteiger partial charge on any atom is -0.389 e. The Bertz CT molecular complexity index is 86.2. The molecule has 0 rings (SSSR count). The fourth-order valence-corrected chi connectivity index (χ4v) is 0.108. The van der Waals surface area contributed by atoms with Crippen LogP contribution in [0.3, 0.4) is 0 Å². The molecular weight excluding hydrogens is 97.0 g/mol. The van der Waals surface area contributed by atoms with E-state index >= 15 is 0 Å². The van der Waals surface area contributed by atoms with Gasteiger partial charge < -0.3 is 5.11 Å². The Kier molecular flexibility index (Phi) is 2.31. The molecule has 7 heavy (non-hydrogen) atoms. The topological polar surface area (TPSA) is 44.0 Å². The van der Waals surface area contributed by atoms with Gasteiger partial charge in [0.15, 0.2) is 0 Å². The lowest BCUT2D eigenvalue weighted by Gasteiger charge is -1.97. The van der Waals surface area contributed by atoms with Crippen LogP contribution < -0.4 is 0 Å². The summed E-state index contributed by atoms with van der Waals surface area (Å²) in [5.41, 5.74) is 0. The van der Waals surface area contributed by atoms with Crippen molar-refractivity contribution in [1.29, 1.82) is 5.26 Å². The molecule has 3 heteroatoms. The number of alkyl halides is 1. The first-order valence-electron chi connectivity index (χ1n) is 1.90. The Balaban J connectivity index is 3.40. The molecule has 0 spiro atoms. The molecule has 0 aromatic heterocycles. The number of hydrogen-bond acceptors (Lipinski definition) is 2. The van der Waals surface area contributed by atoms with Crippen molar-refractivity contribution in [2.45, 2.75) is 19.2 Å². The molecule has 0 aromatic carbocycles. The van der Waals surface area contributed by atoms with Crippen molar-refractivity contribution >= 4 is 0 Å². The number of aliphatic hydroxyl groups excluding tert-OH is 1. The predicted octanol–water partition coefficient (Wildman–Crippen LogP) is 0.229. The van der Waals surface area contributed by atoms with Crippen LogP contribution in [0.1, 0.15) is 6.92 Å². The quantitative estimate of drug-likeness (QED) is 0.516. The van der Waals surface area contributed by atoms with E-state index < -0.39 is 12.3 Å². The largest absolute Gasteiger partial charge is 0.389 e. The molecule has 40 valence electrons. The highest BCUT2D eigenvalue weighted by molar-refractivity contribution is 4.86. The fourth-order valence-electron chi connectivity index (χ4n) is 0.108. The number of rotatable bonds is 1. The van der Waals surface area contributed by atoms with Gasteiger partial charge in [0.05, 0.1) is 6.10 Å². The minimum atomic E-state index is -1.74. The first-order chi connectivity index (χ1) is 3.18. The van der Waals surface area contributed by atoms with E-state index in [1.807, 2.05) is 0 Å². The second-order valence-electron chi connectivity index (χ2n) is 1.27. The van der Waals surface area contributed by atoms with Gasteiger partial charge in [-0.05, 0) is 6.92 Å². The summed E-state index contributed by atoms with van der Waals surface area (Å²) in [6, 6.07) is 1.25. The van der Waals surface area contributed by atoms with Crippen molar-refractivity contribution in [3.8, 4) is 6.07 Å². The molecule has 2 atom stereocenters. The van der Waals surface area contributed by atoms with E-state index in [1.54, 1.807) is 0 Å². The second-order valence-corrected chi connectivity index (χ2v) is 1.27. The molecular formula is C4H6FNO. The van der Waals surface area contributed by atoms with Crippen LogP contribution in [-0.2, 0) is 0 Å². The van der Waals surface area contributed by atoms with Gasteiger partial charge in [-0.15, -0.1) is 0 Å². The van der Waals surface area contributed by atoms with Gasteiger partial charge in [0, 0.05) is 0 Å². The van der Waals surface area contributed by atoms with E-state index in [0.29, 0.717) is 0 Å². The molecule has 0 aromatic rings. The second kappa shape index (κ2) is 2.54. The van der Waals surface area contributed by atoms with Gasteiger partial charge in [0.1, 0.15) is 6.07 Å². The first kappa shape index (κ1) is 6.38. The standard InChI is InChI=1S/C4H6FNO/c1-3(7)4(5)2-6/h3-4,7H,1H3. The summed E-state index contributed by atoms with van der Waals surface area (Å²) in [5.74, 6) is 0. The maximum absolute atomic E-state index is 11.6. The highest BCUT2D eigenvalue weighted by Crippen LogP contribution is 1.93. The zero-order valence-corrected chi connectivity index (χ0v) is 3.93. The van der Waals surface area contributed by atoms with Crippen molar-refractivity contribution in [3.63, 3.8) is 0 Å². The maximum atomic E-state index is 11.6. The third kappa shape index (κ3) is 2.12.